The molecule has 0 spiro atoms. The highest BCUT2D eigenvalue weighted by atomic mass is 35.5. The zero-order valence-corrected chi connectivity index (χ0v) is 43.1. The number of hydrogen-bond acceptors (Lipinski definition) is 3. The molecule has 0 N–H and O–H groups in total. The highest BCUT2D eigenvalue weighted by Crippen LogP contribution is 2.58. The van der Waals surface area contributed by atoms with Crippen LogP contribution in [0.1, 0.15) is 51.9 Å². The van der Waals surface area contributed by atoms with Crippen LogP contribution in [0.3, 0.4) is 0 Å². The molecule has 12 aromatic carbocycles. The van der Waals surface area contributed by atoms with E-state index in [1.807, 2.05) is 18.2 Å². The van der Waals surface area contributed by atoms with Gasteiger partial charge in [-0.3, -0.25) is 0 Å². The summed E-state index contributed by atoms with van der Waals surface area (Å²) in [7, 11) is 0. The fourth-order valence-corrected chi connectivity index (χ4v) is 13.3. The Labute approximate surface area is 464 Å². The lowest BCUT2D eigenvalue weighted by molar-refractivity contribution is 0.665. The first-order valence-electron chi connectivity index (χ1n) is 26.6. The summed E-state index contributed by atoms with van der Waals surface area (Å²) in [6.07, 6.45) is 0. The van der Waals surface area contributed by atoms with Crippen molar-refractivity contribution in [3.8, 4) is 22.3 Å². The van der Waals surface area contributed by atoms with Crippen molar-refractivity contribution >= 4 is 72.5 Å². The molecule has 0 fully saturated rings. The zero-order chi connectivity index (χ0) is 51.8. The second kappa shape index (κ2) is 19.1. The van der Waals surface area contributed by atoms with E-state index in [4.69, 9.17) is 20.4 Å². The number of benzene rings is 12. The summed E-state index contributed by atoms with van der Waals surface area (Å²) in [6.45, 7) is 0. The Morgan fingerprint density at radius 3 is 0.987 bits per heavy atom. The Morgan fingerprint density at radius 2 is 0.582 bits per heavy atom. The average molecular weight is 1030 g/mol. The predicted octanol–water partition coefficient (Wildman–Crippen LogP) is 20.7. The average Bonchev–Trinajstić information content (AvgIpc) is 3.29. The van der Waals surface area contributed by atoms with Gasteiger partial charge in [0.2, 0.25) is 0 Å². The fourth-order valence-electron chi connectivity index (χ4n) is 13.1. The summed E-state index contributed by atoms with van der Waals surface area (Å²) in [5, 5.41) is 5.10. The fraction of sp³-hybridized carbons (Fsp3) is 0.0400. The van der Waals surface area contributed by atoms with Crippen LogP contribution in [0.4, 0.5) is 17.1 Å². The predicted molar refractivity (Wildman–Crippen MR) is 328 cm³/mol. The molecule has 0 unspecified atom stereocenters. The third kappa shape index (κ3) is 7.34. The monoisotopic (exact) mass is 1030 g/mol. The van der Waals surface area contributed by atoms with Gasteiger partial charge in [-0.2, -0.15) is 0 Å². The van der Waals surface area contributed by atoms with E-state index in [0.717, 1.165) is 60.9 Å². The van der Waals surface area contributed by atoms with Crippen LogP contribution in [-0.2, 0) is 10.8 Å². The summed E-state index contributed by atoms with van der Waals surface area (Å²) in [5.41, 5.74) is 21.1. The lowest BCUT2D eigenvalue weighted by Crippen LogP contribution is -2.28. The zero-order valence-electron chi connectivity index (χ0n) is 42.4. The molecule has 0 radical (unpaired) electrons. The van der Waals surface area contributed by atoms with E-state index in [1.54, 1.807) is 0 Å². The van der Waals surface area contributed by atoms with E-state index in [0.29, 0.717) is 5.02 Å². The molecule has 0 bridgehead atoms. The molecule has 2 aliphatic carbocycles. The second-order valence-electron chi connectivity index (χ2n) is 20.4. The van der Waals surface area contributed by atoms with E-state index in [2.05, 4.69) is 278 Å². The Balaban J connectivity index is 0.000000148. The molecule has 0 saturated carbocycles. The molecule has 16 rings (SSSR count). The minimum Gasteiger partial charge on any atom is -0.456 e. The van der Waals surface area contributed by atoms with Crippen molar-refractivity contribution in [2.75, 3.05) is 4.90 Å². The number of fused-ring (bicyclic) bond motifs is 12. The standard InChI is InChI=1S/C43H29NO.C31H19ClO.CH4/c1-4-14-30(15-5-1)43(39-22-12-10-20-35(39)36-21-11-13-23-40(36)43)31-24-26-37-38-27-25-34(29-42(38)45-41(37)28-31)44(32-16-6-2-7-17-32)33-18-8-3-9-19-33;32-22-15-17-26-25-16-14-21(18-29(25)33-30(26)19-22)31(20-8-2-1-3-9-20)27-12-6-4-10-23(27)24-11-5-7-13-28(24)31;/h1-29H;1-19H;1H4. The topological polar surface area (TPSA) is 29.5 Å². The van der Waals surface area contributed by atoms with Gasteiger partial charge in [0, 0.05) is 55.8 Å². The molecule has 14 aromatic rings. The van der Waals surface area contributed by atoms with Crippen molar-refractivity contribution in [2.24, 2.45) is 0 Å². The van der Waals surface area contributed by atoms with Crippen molar-refractivity contribution in [2.45, 2.75) is 18.3 Å². The lowest BCUT2D eigenvalue weighted by atomic mass is 9.67. The summed E-state index contributed by atoms with van der Waals surface area (Å²) in [4.78, 5) is 2.27. The molecule has 2 aliphatic rings. The second-order valence-corrected chi connectivity index (χ2v) is 20.8. The summed E-state index contributed by atoms with van der Waals surface area (Å²) in [6, 6.07) is 104. The maximum absolute atomic E-state index is 6.75. The van der Waals surface area contributed by atoms with Crippen LogP contribution in [-0.4, -0.2) is 0 Å². The van der Waals surface area contributed by atoms with Crippen LogP contribution in [0, 0.1) is 0 Å². The van der Waals surface area contributed by atoms with Crippen LogP contribution >= 0.6 is 11.6 Å². The van der Waals surface area contributed by atoms with Gasteiger partial charge in [0.1, 0.15) is 22.3 Å². The molecule has 2 aromatic heterocycles. The number of anilines is 3. The van der Waals surface area contributed by atoms with Crippen molar-refractivity contribution in [3.63, 3.8) is 0 Å². The molecule has 79 heavy (non-hydrogen) atoms. The highest BCUT2D eigenvalue weighted by Gasteiger charge is 2.47. The number of para-hydroxylation sites is 2. The molecule has 376 valence electrons. The molecular formula is C75H52ClNO2. The van der Waals surface area contributed by atoms with Crippen molar-refractivity contribution in [1.29, 1.82) is 0 Å². The van der Waals surface area contributed by atoms with Gasteiger partial charge in [0.15, 0.2) is 0 Å². The van der Waals surface area contributed by atoms with E-state index in [9.17, 15) is 0 Å². The van der Waals surface area contributed by atoms with Gasteiger partial charge in [-0.25, -0.2) is 0 Å². The third-order valence-electron chi connectivity index (χ3n) is 16.4. The van der Waals surface area contributed by atoms with Crippen LogP contribution in [0.2, 0.25) is 5.02 Å². The highest BCUT2D eigenvalue weighted by molar-refractivity contribution is 6.31. The van der Waals surface area contributed by atoms with E-state index < -0.39 is 10.8 Å². The molecule has 2 heterocycles. The smallest absolute Gasteiger partial charge is 0.137 e. The first-order valence-corrected chi connectivity index (χ1v) is 27.0. The molecular weight excluding hydrogens is 982 g/mol. The van der Waals surface area contributed by atoms with Gasteiger partial charge < -0.3 is 13.7 Å². The minimum absolute atomic E-state index is 0. The molecule has 4 heteroatoms. The molecule has 0 aliphatic heterocycles. The van der Waals surface area contributed by atoms with Gasteiger partial charge in [-0.15, -0.1) is 0 Å². The molecule has 0 amide bonds. The van der Waals surface area contributed by atoms with Crippen LogP contribution < -0.4 is 4.90 Å². The molecule has 0 saturated heterocycles. The summed E-state index contributed by atoms with van der Waals surface area (Å²) < 4.78 is 13.1. The number of rotatable bonds is 7. The van der Waals surface area contributed by atoms with E-state index in [-0.39, 0.29) is 7.43 Å². The van der Waals surface area contributed by atoms with Crippen LogP contribution in [0.25, 0.3) is 66.1 Å². The van der Waals surface area contributed by atoms with E-state index in [1.165, 1.54) is 66.8 Å². The number of nitrogens with zero attached hydrogens (tertiary/aromatic N) is 1. The first kappa shape index (κ1) is 47.8. The Hall–Kier alpha value is -9.67. The molecule has 0 atom stereocenters. The van der Waals surface area contributed by atoms with Crippen molar-refractivity contribution in [3.05, 3.63) is 341 Å². The quantitative estimate of drug-likeness (QED) is 0.159. The van der Waals surface area contributed by atoms with E-state index >= 15 is 0 Å². The van der Waals surface area contributed by atoms with Gasteiger partial charge in [-0.05, 0) is 127 Å². The van der Waals surface area contributed by atoms with Gasteiger partial charge >= 0.3 is 0 Å². The Bertz CT molecular complexity index is 4450. The van der Waals surface area contributed by atoms with Crippen molar-refractivity contribution in [1.82, 2.24) is 0 Å². The minimum atomic E-state index is -0.454. The Morgan fingerprint density at radius 1 is 0.266 bits per heavy atom. The lowest BCUT2D eigenvalue weighted by Gasteiger charge is -2.33. The number of halogens is 1. The van der Waals surface area contributed by atoms with Crippen LogP contribution in [0.15, 0.2) is 300 Å². The number of furan rings is 2. The van der Waals surface area contributed by atoms with Gasteiger partial charge in [0.05, 0.1) is 10.8 Å². The first-order chi connectivity index (χ1) is 38.6. The maximum Gasteiger partial charge on any atom is 0.137 e. The van der Waals surface area contributed by atoms with Crippen LogP contribution in [0.5, 0.6) is 0 Å². The third-order valence-corrected chi connectivity index (χ3v) is 16.6. The normalized spacial score (nSPS) is 13.2. The van der Waals surface area contributed by atoms with Gasteiger partial charge in [-0.1, -0.05) is 237 Å². The SMILES string of the molecule is C.Clc1ccc2c(c1)oc1cc(C3(c4ccccc4)c4ccccc4-c4ccccc43)ccc12.c1ccc(N(c2ccccc2)c2ccc3c(c2)oc2cc(C4(c5ccccc5)c5ccccc5-c5ccccc54)ccc23)cc1. The maximum atomic E-state index is 6.75. The Kier molecular flexibility index (Phi) is 11.5. The summed E-state index contributed by atoms with van der Waals surface area (Å²) >= 11 is 6.24. The molecule has 3 nitrogen and oxygen atoms in total. The van der Waals surface area contributed by atoms with Crippen molar-refractivity contribution < 1.29 is 8.83 Å². The van der Waals surface area contributed by atoms with Gasteiger partial charge in [0.25, 0.3) is 0 Å². The summed E-state index contributed by atoms with van der Waals surface area (Å²) in [5.74, 6) is 0. The largest absolute Gasteiger partial charge is 0.456 e. The number of hydrogen-bond donors (Lipinski definition) is 0.